The lowest BCUT2D eigenvalue weighted by molar-refractivity contribution is -0.357. The predicted molar refractivity (Wildman–Crippen MR) is 279 cm³/mol. The molecule has 2 heterocycles. The van der Waals surface area contributed by atoms with Crippen LogP contribution in [0.5, 0.6) is 0 Å². The Morgan fingerprint density at radius 2 is 0.973 bits per heavy atom. The molecule has 14 nitrogen and oxygen atoms in total. The number of benzene rings is 6. The van der Waals surface area contributed by atoms with E-state index in [0.717, 1.165) is 38.2 Å². The van der Waals surface area contributed by atoms with Crippen molar-refractivity contribution >= 4 is 41.7 Å². The number of hydrogen-bond donors (Lipinski definition) is 1. The van der Waals surface area contributed by atoms with Crippen molar-refractivity contribution in [3.05, 3.63) is 198 Å². The average Bonchev–Trinajstić information content (AvgIpc) is 3.42. The topological polar surface area (TPSA) is 156 Å². The van der Waals surface area contributed by atoms with Crippen molar-refractivity contribution in [3.63, 3.8) is 0 Å². The molecule has 0 radical (unpaired) electrons. The van der Waals surface area contributed by atoms with Crippen molar-refractivity contribution in [1.82, 2.24) is 5.32 Å². The van der Waals surface area contributed by atoms with Crippen LogP contribution in [0.4, 0.5) is 0 Å². The fraction of sp³-hybridized carbons (Fsp3) is 0.339. The van der Waals surface area contributed by atoms with Gasteiger partial charge in [0, 0.05) is 34.4 Å². The van der Waals surface area contributed by atoms with E-state index in [1.807, 2.05) is 140 Å². The zero-order valence-corrected chi connectivity index (χ0v) is 42.9. The van der Waals surface area contributed by atoms with Crippen molar-refractivity contribution in [2.75, 3.05) is 20.3 Å². The zero-order chi connectivity index (χ0) is 51.7. The van der Waals surface area contributed by atoms with E-state index in [1.165, 1.54) is 20.8 Å². The van der Waals surface area contributed by atoms with Crippen molar-refractivity contribution in [1.29, 1.82) is 0 Å². The Balaban J connectivity index is 1.21. The van der Waals surface area contributed by atoms with Crippen molar-refractivity contribution < 1.29 is 61.8 Å². The predicted octanol–water partition coefficient (Wildman–Crippen LogP) is 7.20. The van der Waals surface area contributed by atoms with Gasteiger partial charge in [0.1, 0.15) is 43.2 Å². The van der Waals surface area contributed by atoms with Gasteiger partial charge in [0.25, 0.3) is 0 Å². The molecule has 2 aliphatic heterocycles. The standard InChI is InChI=1S/C59H64NO13P/c1-40(61)66-39-50-53(69-41(2)62)55(70-42(3)63)52(60-34-46-28-20-21-33-51(46)74(47-29-16-8-17-30-47)48-31-18-9-19-32-48)58(71-50)73-54-49(38-65-35-43-22-10-5-11-23-43)72-59(64-4)57(68-37-45-26-14-7-15-27-45)56(54)67-36-44-24-12-6-13-25-44/h5-33,49-50,52-60H,34-39H2,1-4H3/t49-,50-,52-,53-,54-,55-,56+,57-,58+,59+/m1/s1. The normalized spacial score (nSPS) is 23.7. The number of carbonyl (C=O) groups excluding carboxylic acids is 3. The first-order valence-corrected chi connectivity index (χ1v) is 26.1. The molecule has 0 unspecified atom stereocenters. The number of ether oxygens (including phenoxy) is 10. The van der Waals surface area contributed by atoms with E-state index in [1.54, 1.807) is 7.11 Å². The van der Waals surface area contributed by atoms with Gasteiger partial charge in [0.2, 0.25) is 0 Å². The Kier molecular flexibility index (Phi) is 20.0. The molecule has 0 bridgehead atoms. The molecule has 0 amide bonds. The number of rotatable bonds is 23. The fourth-order valence-electron chi connectivity index (χ4n) is 9.21. The summed E-state index contributed by atoms with van der Waals surface area (Å²) in [6.07, 6.45) is -9.68. The van der Waals surface area contributed by atoms with Crippen LogP contribution in [0.1, 0.15) is 43.0 Å². The minimum absolute atomic E-state index is 0.0110. The minimum Gasteiger partial charge on any atom is -0.463 e. The lowest BCUT2D eigenvalue weighted by Gasteiger charge is -2.50. The monoisotopic (exact) mass is 1030 g/mol. The molecule has 74 heavy (non-hydrogen) atoms. The van der Waals surface area contributed by atoms with Crippen LogP contribution in [0.3, 0.4) is 0 Å². The van der Waals surface area contributed by atoms with Gasteiger partial charge in [0.15, 0.2) is 24.8 Å². The molecular formula is C59H64NO13P. The van der Waals surface area contributed by atoms with Gasteiger partial charge in [-0.3, -0.25) is 14.4 Å². The Hall–Kier alpha value is -6.16. The maximum absolute atomic E-state index is 13.3. The first-order chi connectivity index (χ1) is 36.1. The van der Waals surface area contributed by atoms with Crippen molar-refractivity contribution in [3.8, 4) is 0 Å². The van der Waals surface area contributed by atoms with Crippen molar-refractivity contribution in [2.45, 2.75) is 108 Å². The van der Waals surface area contributed by atoms with Gasteiger partial charge in [-0.15, -0.1) is 0 Å². The van der Waals surface area contributed by atoms with Crippen molar-refractivity contribution in [2.24, 2.45) is 0 Å². The third kappa shape index (κ3) is 14.8. The quantitative estimate of drug-likeness (QED) is 0.0391. The van der Waals surface area contributed by atoms with Crippen LogP contribution < -0.4 is 21.2 Å². The van der Waals surface area contributed by atoms with Crippen LogP contribution in [0.25, 0.3) is 0 Å². The zero-order valence-electron chi connectivity index (χ0n) is 42.0. The second-order valence-electron chi connectivity index (χ2n) is 17.9. The molecule has 15 heteroatoms. The Morgan fingerprint density at radius 3 is 1.51 bits per heavy atom. The van der Waals surface area contributed by atoms with E-state index in [2.05, 4.69) is 41.7 Å². The Labute approximate surface area is 434 Å². The highest BCUT2D eigenvalue weighted by atomic mass is 31.1. The average molecular weight is 1030 g/mol. The summed E-state index contributed by atoms with van der Waals surface area (Å²) in [6, 6.07) is 57.1. The number of hydrogen-bond acceptors (Lipinski definition) is 14. The van der Waals surface area contributed by atoms with Gasteiger partial charge in [0.05, 0.1) is 26.4 Å². The molecule has 388 valence electrons. The summed E-state index contributed by atoms with van der Waals surface area (Å²) in [6.45, 7) is 4.24. The number of methoxy groups -OCH3 is 1. The lowest BCUT2D eigenvalue weighted by atomic mass is 9.94. The fourth-order valence-corrected chi connectivity index (χ4v) is 11.7. The molecule has 2 saturated heterocycles. The smallest absolute Gasteiger partial charge is 0.303 e. The maximum Gasteiger partial charge on any atom is 0.303 e. The molecule has 0 spiro atoms. The maximum atomic E-state index is 13.3. The van der Waals surface area contributed by atoms with Gasteiger partial charge in [-0.2, -0.15) is 0 Å². The molecule has 2 aliphatic rings. The van der Waals surface area contributed by atoms with Crippen LogP contribution in [0, 0.1) is 0 Å². The molecule has 0 aliphatic carbocycles. The first-order valence-electron chi connectivity index (χ1n) is 24.8. The van der Waals surface area contributed by atoms with E-state index < -0.39 is 87.2 Å². The summed E-state index contributed by atoms with van der Waals surface area (Å²) in [5.74, 6) is -1.92. The lowest BCUT2D eigenvalue weighted by Crippen LogP contribution is -2.68. The largest absolute Gasteiger partial charge is 0.463 e. The third-order valence-corrected chi connectivity index (χ3v) is 15.1. The second-order valence-corrected chi connectivity index (χ2v) is 20.1. The van der Waals surface area contributed by atoms with E-state index in [0.29, 0.717) is 0 Å². The summed E-state index contributed by atoms with van der Waals surface area (Å²) in [4.78, 5) is 38.7. The van der Waals surface area contributed by atoms with Crippen LogP contribution in [-0.2, 0) is 88.1 Å². The van der Waals surface area contributed by atoms with E-state index in [-0.39, 0.29) is 39.6 Å². The van der Waals surface area contributed by atoms with Gasteiger partial charge >= 0.3 is 17.9 Å². The Bertz CT molecular complexity index is 2610. The molecule has 6 aromatic carbocycles. The molecular weight excluding hydrogens is 962 g/mol. The highest BCUT2D eigenvalue weighted by Gasteiger charge is 2.55. The molecule has 10 atom stereocenters. The second kappa shape index (κ2) is 27.4. The summed E-state index contributed by atoms with van der Waals surface area (Å²) in [5.41, 5.74) is 3.70. The molecule has 6 aromatic rings. The highest BCUT2D eigenvalue weighted by molar-refractivity contribution is 7.79. The minimum atomic E-state index is -1.33. The molecule has 1 N–H and O–H groups in total. The third-order valence-electron chi connectivity index (χ3n) is 12.6. The Morgan fingerprint density at radius 1 is 0.500 bits per heavy atom. The first kappa shape index (κ1) is 54.1. The summed E-state index contributed by atoms with van der Waals surface area (Å²) in [7, 11) is 0.491. The summed E-state index contributed by atoms with van der Waals surface area (Å²) >= 11 is 0. The number of nitrogens with one attached hydrogen (secondary N) is 1. The number of esters is 3. The van der Waals surface area contributed by atoms with Crippen LogP contribution in [-0.4, -0.2) is 99.6 Å². The van der Waals surface area contributed by atoms with Crippen LogP contribution in [0.15, 0.2) is 176 Å². The van der Waals surface area contributed by atoms with Gasteiger partial charge in [-0.25, -0.2) is 0 Å². The summed E-state index contributed by atoms with van der Waals surface area (Å²) in [5, 5.41) is 7.06. The van der Waals surface area contributed by atoms with E-state index in [9.17, 15) is 14.4 Å². The van der Waals surface area contributed by atoms with Crippen LogP contribution in [0.2, 0.25) is 0 Å². The molecule has 2 fully saturated rings. The number of carbonyl (C=O) groups is 3. The van der Waals surface area contributed by atoms with Gasteiger partial charge < -0.3 is 52.7 Å². The summed E-state index contributed by atoms with van der Waals surface area (Å²) < 4.78 is 64.9. The molecule has 8 rings (SSSR count). The SMILES string of the molecule is CO[C@H]1O[C@H](COCc2ccccc2)[C@@H](O[C@@H]2O[C@H](COC(C)=O)[C@@H](OC(C)=O)[C@H](OC(C)=O)[C@H]2NCc2ccccc2P(c2ccccc2)c2ccccc2)[C@H](OCc2ccccc2)[C@H]1OCc1ccccc1. The molecule has 0 saturated carbocycles. The van der Waals surface area contributed by atoms with E-state index >= 15 is 0 Å². The van der Waals surface area contributed by atoms with E-state index in [4.69, 9.17) is 47.4 Å². The van der Waals surface area contributed by atoms with Crippen LogP contribution >= 0.6 is 7.92 Å². The van der Waals surface area contributed by atoms with Gasteiger partial charge in [-0.1, -0.05) is 176 Å². The molecule has 0 aromatic heterocycles. The van der Waals surface area contributed by atoms with Gasteiger partial charge in [-0.05, 0) is 46.1 Å². The highest BCUT2D eigenvalue weighted by Crippen LogP contribution is 2.37.